The molecule has 0 spiro atoms. The van der Waals surface area contributed by atoms with Crippen LogP contribution in [0.5, 0.6) is 5.75 Å². The number of amidine groups is 1. The molecule has 0 saturated heterocycles. The van der Waals surface area contributed by atoms with Crippen molar-refractivity contribution in [2.45, 2.75) is 51.6 Å². The topological polar surface area (TPSA) is 70.0 Å². The van der Waals surface area contributed by atoms with Crippen molar-refractivity contribution in [3.8, 4) is 5.75 Å². The average molecular weight is 385 g/mol. The number of nitrogens with one attached hydrogen (secondary N) is 3. The second-order valence-corrected chi connectivity index (χ2v) is 7.73. The van der Waals surface area contributed by atoms with E-state index in [9.17, 15) is 0 Å². The predicted octanol–water partition coefficient (Wildman–Crippen LogP) is 3.09. The Morgan fingerprint density at radius 1 is 1.32 bits per heavy atom. The Morgan fingerprint density at radius 3 is 3.00 bits per heavy atom. The van der Waals surface area contributed by atoms with Gasteiger partial charge in [0.1, 0.15) is 11.6 Å². The van der Waals surface area contributed by atoms with Crippen molar-refractivity contribution < 1.29 is 9.13 Å². The monoisotopic (exact) mass is 385 g/mol. The molecule has 1 aromatic carbocycles. The highest BCUT2D eigenvalue weighted by atomic mass is 19.1. The average Bonchev–Trinajstić information content (AvgIpc) is 3.02. The van der Waals surface area contributed by atoms with Crippen LogP contribution in [0.15, 0.2) is 22.1 Å². The van der Waals surface area contributed by atoms with Gasteiger partial charge < -0.3 is 20.7 Å². The fourth-order valence-electron chi connectivity index (χ4n) is 3.98. The molecule has 2 atom stereocenters. The Balaban J connectivity index is 1.71. The molecule has 4 rings (SSSR count). The molecule has 3 heterocycles. The van der Waals surface area contributed by atoms with E-state index in [1.165, 1.54) is 0 Å². The van der Waals surface area contributed by atoms with E-state index in [1.807, 2.05) is 13.0 Å². The van der Waals surface area contributed by atoms with Crippen molar-refractivity contribution >= 4 is 23.1 Å². The summed E-state index contributed by atoms with van der Waals surface area (Å²) in [5.74, 6) is 1.81. The summed E-state index contributed by atoms with van der Waals surface area (Å²) >= 11 is 0. The number of hydrogen-bond acceptors (Lipinski definition) is 5. The van der Waals surface area contributed by atoms with Crippen LogP contribution >= 0.6 is 0 Å². The summed E-state index contributed by atoms with van der Waals surface area (Å²) < 4.78 is 21.5. The molecule has 0 saturated carbocycles. The number of rotatable bonds is 2. The molecule has 1 aromatic rings. The molecule has 0 bridgehead atoms. The number of hydrogen-bond donors (Lipinski definition) is 3. The minimum atomic E-state index is -0.279. The van der Waals surface area contributed by atoms with Gasteiger partial charge in [-0.2, -0.15) is 0 Å². The van der Waals surface area contributed by atoms with Crippen molar-refractivity contribution in [3.63, 3.8) is 0 Å². The second kappa shape index (κ2) is 7.91. The molecule has 7 heteroatoms. The molecule has 150 valence electrons. The van der Waals surface area contributed by atoms with Crippen LogP contribution in [0.3, 0.4) is 0 Å². The Hall–Kier alpha value is -2.41. The highest BCUT2D eigenvalue weighted by Gasteiger charge is 2.27. The number of aliphatic imine (C=N–C) groups is 2. The van der Waals surface area contributed by atoms with Crippen LogP contribution in [0, 0.1) is 5.82 Å². The summed E-state index contributed by atoms with van der Waals surface area (Å²) in [6.45, 7) is 5.52. The van der Waals surface area contributed by atoms with E-state index < -0.39 is 0 Å². The van der Waals surface area contributed by atoms with Crippen LogP contribution in [-0.4, -0.2) is 44.1 Å². The van der Waals surface area contributed by atoms with Crippen molar-refractivity contribution in [1.29, 1.82) is 0 Å². The Labute approximate surface area is 165 Å². The first-order valence-corrected chi connectivity index (χ1v) is 10.0. The summed E-state index contributed by atoms with van der Waals surface area (Å²) in [6.07, 6.45) is 5.43. The van der Waals surface area contributed by atoms with Gasteiger partial charge in [0.15, 0.2) is 5.82 Å². The minimum Gasteiger partial charge on any atom is -0.492 e. The number of ether oxygens (including phenoxy) is 1. The first-order chi connectivity index (χ1) is 13.5. The summed E-state index contributed by atoms with van der Waals surface area (Å²) in [6, 6.07) is 2.37. The number of guanidine groups is 1. The van der Waals surface area contributed by atoms with Gasteiger partial charge in [-0.15, -0.1) is 0 Å². The predicted molar refractivity (Wildman–Crippen MR) is 112 cm³/mol. The Morgan fingerprint density at radius 2 is 2.18 bits per heavy atom. The number of halogens is 1. The molecule has 0 aromatic heterocycles. The third-order valence-corrected chi connectivity index (χ3v) is 5.52. The summed E-state index contributed by atoms with van der Waals surface area (Å²) in [7, 11) is 1.75. The number of nitrogens with zero attached hydrogens (tertiary/aromatic N) is 2. The molecule has 3 aliphatic rings. The van der Waals surface area contributed by atoms with Gasteiger partial charge >= 0.3 is 0 Å². The van der Waals surface area contributed by atoms with Crippen molar-refractivity contribution in [2.75, 3.05) is 25.5 Å². The molecule has 28 heavy (non-hydrogen) atoms. The second-order valence-electron chi connectivity index (χ2n) is 7.73. The van der Waals surface area contributed by atoms with Crippen LogP contribution < -0.4 is 20.7 Å². The largest absolute Gasteiger partial charge is 0.492 e. The number of allylic oxidation sites excluding steroid dienone is 1. The lowest BCUT2D eigenvalue weighted by molar-refractivity contribution is 0.354. The molecule has 6 nitrogen and oxygen atoms in total. The van der Waals surface area contributed by atoms with Gasteiger partial charge in [0.05, 0.1) is 23.9 Å². The van der Waals surface area contributed by atoms with Crippen LogP contribution in [0.25, 0.3) is 5.57 Å². The van der Waals surface area contributed by atoms with Gasteiger partial charge in [-0.25, -0.2) is 9.38 Å². The standard InChI is InChI=1S/C21H28FN5O/c1-12-4-5-14(6-8-24-12)18-19(22)16(11-15-7-9-28-20(15)18)26-21-25-13(2)10-17(23-3)27-21/h6,11-13,24H,4-5,7-10H2,1-3H3,(H2,23,25,26,27). The third-order valence-electron chi connectivity index (χ3n) is 5.52. The molecule has 3 aliphatic heterocycles. The molecule has 0 radical (unpaired) electrons. The quantitative estimate of drug-likeness (QED) is 0.732. The fourth-order valence-corrected chi connectivity index (χ4v) is 3.98. The molecule has 0 amide bonds. The molecular weight excluding hydrogens is 357 g/mol. The maximum absolute atomic E-state index is 15.7. The van der Waals surface area contributed by atoms with E-state index in [4.69, 9.17) is 4.74 Å². The summed E-state index contributed by atoms with van der Waals surface area (Å²) in [5, 5.41) is 9.75. The smallest absolute Gasteiger partial charge is 0.201 e. The zero-order chi connectivity index (χ0) is 19.7. The van der Waals surface area contributed by atoms with Gasteiger partial charge in [0.25, 0.3) is 0 Å². The zero-order valence-corrected chi connectivity index (χ0v) is 16.7. The first-order valence-electron chi connectivity index (χ1n) is 10.0. The Bertz CT molecular complexity index is 861. The van der Waals surface area contributed by atoms with Crippen LogP contribution in [-0.2, 0) is 6.42 Å². The lowest BCUT2D eigenvalue weighted by Gasteiger charge is -2.23. The Kier molecular flexibility index (Phi) is 5.35. The van der Waals surface area contributed by atoms with E-state index in [-0.39, 0.29) is 11.9 Å². The van der Waals surface area contributed by atoms with Crippen LogP contribution in [0.4, 0.5) is 10.1 Å². The SMILES string of the molecule is CN=C1CC(C)N=C(Nc2cc3c(c(C4=CCNC(C)CC4)c2F)OCC3)N1. The highest BCUT2D eigenvalue weighted by Crippen LogP contribution is 2.41. The van der Waals surface area contributed by atoms with E-state index in [0.717, 1.165) is 49.2 Å². The van der Waals surface area contributed by atoms with Gasteiger partial charge in [-0.05, 0) is 38.3 Å². The molecule has 3 N–H and O–H groups in total. The maximum atomic E-state index is 15.7. The van der Waals surface area contributed by atoms with Gasteiger partial charge in [0.2, 0.25) is 5.96 Å². The van der Waals surface area contributed by atoms with Gasteiger partial charge in [-0.3, -0.25) is 4.99 Å². The van der Waals surface area contributed by atoms with E-state index >= 15 is 4.39 Å². The first kappa shape index (κ1) is 18.9. The van der Waals surface area contributed by atoms with Crippen molar-refractivity contribution in [3.05, 3.63) is 29.1 Å². The fraction of sp³-hybridized carbons (Fsp3) is 0.524. The minimum absolute atomic E-state index is 0.0971. The number of anilines is 1. The normalized spacial score (nSPS) is 25.9. The molecule has 2 unspecified atom stereocenters. The number of benzene rings is 1. The maximum Gasteiger partial charge on any atom is 0.201 e. The summed E-state index contributed by atoms with van der Waals surface area (Å²) in [5.41, 5.74) is 3.08. The van der Waals surface area contributed by atoms with Crippen molar-refractivity contribution in [2.24, 2.45) is 9.98 Å². The van der Waals surface area contributed by atoms with Gasteiger partial charge in [0, 0.05) is 38.0 Å². The van der Waals surface area contributed by atoms with Gasteiger partial charge in [-0.1, -0.05) is 6.08 Å². The molecule has 0 fully saturated rings. The van der Waals surface area contributed by atoms with E-state index in [1.54, 1.807) is 7.05 Å². The van der Waals surface area contributed by atoms with Crippen molar-refractivity contribution in [1.82, 2.24) is 10.6 Å². The zero-order valence-electron chi connectivity index (χ0n) is 16.7. The summed E-state index contributed by atoms with van der Waals surface area (Å²) in [4.78, 5) is 8.80. The lowest BCUT2D eigenvalue weighted by atomic mass is 9.95. The van der Waals surface area contributed by atoms with E-state index in [2.05, 4.69) is 38.9 Å². The van der Waals surface area contributed by atoms with E-state index in [0.29, 0.717) is 35.6 Å². The highest BCUT2D eigenvalue weighted by molar-refractivity contribution is 6.08. The lowest BCUT2D eigenvalue weighted by Crippen LogP contribution is -2.42. The number of fused-ring (bicyclic) bond motifs is 1. The third kappa shape index (κ3) is 3.76. The molecule has 0 aliphatic carbocycles. The van der Waals surface area contributed by atoms with Crippen LogP contribution in [0.2, 0.25) is 0 Å². The molecular formula is C21H28FN5O. The van der Waals surface area contributed by atoms with Crippen LogP contribution in [0.1, 0.15) is 44.2 Å².